The average Bonchev–Trinajstić information content (AvgIpc) is 0.840. The second-order valence-electron chi connectivity index (χ2n) is 23.7. The summed E-state index contributed by atoms with van der Waals surface area (Å²) in [6.45, 7) is 22.6. The molecule has 0 aliphatic heterocycles. The molecular weight excluding hydrogens is 1420 g/mol. The summed E-state index contributed by atoms with van der Waals surface area (Å²) in [6, 6.07) is 16.3. The van der Waals surface area contributed by atoms with Gasteiger partial charge in [0.2, 0.25) is 20.9 Å². The molecule has 8 aromatic rings. The van der Waals surface area contributed by atoms with Crippen LogP contribution in [0.2, 0.25) is 25.2 Å². The number of alkyl halides is 6. The summed E-state index contributed by atoms with van der Waals surface area (Å²) in [7, 11) is -3.47. The van der Waals surface area contributed by atoms with Crippen molar-refractivity contribution in [3.63, 3.8) is 0 Å². The van der Waals surface area contributed by atoms with Gasteiger partial charge >= 0.3 is 12.4 Å². The van der Waals surface area contributed by atoms with E-state index in [0.29, 0.717) is 91.8 Å². The van der Waals surface area contributed by atoms with Gasteiger partial charge in [0.1, 0.15) is 29.2 Å². The second kappa shape index (κ2) is 38.0. The van der Waals surface area contributed by atoms with Gasteiger partial charge in [0.05, 0.1) is 6.54 Å². The number of halogens is 11. The smallest absolute Gasteiger partial charge is 0.383 e. The van der Waals surface area contributed by atoms with E-state index >= 15 is 0 Å². The van der Waals surface area contributed by atoms with Crippen molar-refractivity contribution in [2.75, 3.05) is 54.4 Å². The summed E-state index contributed by atoms with van der Waals surface area (Å²) >= 11 is 34.3. The minimum absolute atomic E-state index is 0. The Morgan fingerprint density at radius 3 is 1.04 bits per heavy atom. The molecule has 0 aliphatic rings. The Kier molecular flexibility index (Phi) is 33.4. The van der Waals surface area contributed by atoms with Crippen LogP contribution in [0.15, 0.2) is 88.8 Å². The maximum atomic E-state index is 12.2. The number of hydrogen-bond acceptors (Lipinski definition) is 18. The van der Waals surface area contributed by atoms with Gasteiger partial charge in [-0.2, -0.15) is 31.3 Å². The number of aromatic nitrogens is 8. The van der Waals surface area contributed by atoms with E-state index in [1.807, 2.05) is 76.7 Å². The van der Waals surface area contributed by atoms with Crippen molar-refractivity contribution < 1.29 is 34.8 Å². The molecule has 0 fully saturated rings. The molecule has 16 nitrogen and oxygen atoms in total. The average molecular weight is 1510 g/mol. The number of aryl methyl sites for hydroxylation is 4. The summed E-state index contributed by atoms with van der Waals surface area (Å²) in [5.41, 5.74) is 38.8. The number of rotatable bonds is 17. The van der Waals surface area contributed by atoms with Crippen molar-refractivity contribution >= 4 is 115 Å². The summed E-state index contributed by atoms with van der Waals surface area (Å²) in [6.07, 6.45) is 5.28. The molecule has 12 N–H and O–H groups in total. The zero-order valence-electron chi connectivity index (χ0n) is 56.8. The fraction of sp³-hybridized carbons (Fsp3) is 0.403. The van der Waals surface area contributed by atoms with Crippen LogP contribution in [0.3, 0.4) is 0 Å². The minimum atomic E-state index is -4.35. The number of nitrogens with two attached hydrogens (primary N) is 4. The Hall–Kier alpha value is -6.00. The molecule has 0 saturated heterocycles. The monoisotopic (exact) mass is 1500 g/mol. The number of benzene rings is 4. The second-order valence-corrected chi connectivity index (χ2v) is 29.1. The number of thioether (sulfide) groups is 2. The highest BCUT2D eigenvalue weighted by atomic mass is 35.5. The van der Waals surface area contributed by atoms with E-state index in [4.69, 9.17) is 75.2 Å². The molecule has 0 amide bonds. The highest BCUT2D eigenvalue weighted by molar-refractivity contribution is 7.98. The third kappa shape index (κ3) is 26.9. The number of anilines is 4. The Balaban J connectivity index is 0.000000327. The van der Waals surface area contributed by atoms with E-state index in [-0.39, 0.29) is 28.9 Å². The van der Waals surface area contributed by atoms with Crippen LogP contribution < -0.4 is 34.4 Å². The zero-order chi connectivity index (χ0) is 72.5. The SMILES string of the molecule is CSc1ncc(Cc2cc(Cl)c(C)cc2C(C)C)c(Cl)n1.CSc1ncc(Cc2cc(Cl)c(C)cc2C(C)C)c(N)n1.Cc1cc(C(C)C)c(Cc2cnc(NCC(F)(F)F)nc2N)cc1Cl.Cc1cc(C(C)C)c(Cc2cnc(S(C)(=O)=O)nc2N)cc1Cl.N.NCC(F)(F)F. The summed E-state index contributed by atoms with van der Waals surface area (Å²) in [5, 5.41) is 6.67. The van der Waals surface area contributed by atoms with E-state index in [1.165, 1.54) is 63.7 Å². The maximum Gasteiger partial charge on any atom is 0.405 e. The van der Waals surface area contributed by atoms with Crippen LogP contribution >= 0.6 is 81.5 Å². The fourth-order valence-corrected chi connectivity index (χ4v) is 11.5. The lowest BCUT2D eigenvalue weighted by molar-refractivity contribution is -0.118. The van der Waals surface area contributed by atoms with Crippen LogP contribution in [0.4, 0.5) is 49.7 Å². The predicted octanol–water partition coefficient (Wildman–Crippen LogP) is 18.5. The standard InChI is InChI=1S/C17H20ClF3N4.C16H18Cl2N2S.C16H20ClN3O2S.C16H20ClN3S.C2H4F3N.H3N/c1-9(2)13-4-10(3)14(18)6-11(13)5-12-7-23-16(25-15(12)22)24-8-17(19,20)21;1-9(2)13-5-10(3)14(17)7-11(13)6-12-8-19-16(21-4)20-15(12)18;1-9(2)13-5-10(3)14(17)7-11(13)6-12-8-19-16(20-15(12)18)23(4,21)22;1-9(2)13-5-10(3)14(17)7-11(13)6-12-8-19-16(21-4)20-15(12)18;3-2(4,5)1-6;/h4,6-7,9H,5,8H2,1-3H3,(H3,22,23,24,25);5,7-9H,6H2,1-4H3;5,7-9H,6H2,1-4H3,(H2,18,19,20);5,7-9H,6H2,1-4H3,(H2,18,19,20);1,6H2;1H3. The van der Waals surface area contributed by atoms with Crippen LogP contribution in [0, 0.1) is 27.7 Å². The molecule has 4 aromatic heterocycles. The van der Waals surface area contributed by atoms with Crippen molar-refractivity contribution in [1.82, 2.24) is 46.0 Å². The Morgan fingerprint density at radius 2 is 0.763 bits per heavy atom. The largest absolute Gasteiger partial charge is 0.405 e. The van der Waals surface area contributed by atoms with Crippen LogP contribution in [-0.4, -0.2) is 92.5 Å². The van der Waals surface area contributed by atoms with Gasteiger partial charge in [-0.05, 0) is 155 Å². The van der Waals surface area contributed by atoms with Crippen LogP contribution in [-0.2, 0) is 35.5 Å². The number of sulfone groups is 1. The van der Waals surface area contributed by atoms with Gasteiger partial charge in [0.25, 0.3) is 0 Å². The summed E-state index contributed by atoms with van der Waals surface area (Å²) < 4.78 is 91.7. The maximum absolute atomic E-state index is 12.2. The summed E-state index contributed by atoms with van der Waals surface area (Å²) in [4.78, 5) is 32.8. The topological polar surface area (TPSA) is 288 Å². The first-order valence-corrected chi connectivity index (χ1v) is 36.2. The molecule has 8 rings (SSSR count). The fourth-order valence-electron chi connectivity index (χ4n) is 9.33. The molecule has 30 heteroatoms. The Morgan fingerprint density at radius 1 is 0.464 bits per heavy atom. The normalized spacial score (nSPS) is 11.5. The lowest BCUT2D eigenvalue weighted by Gasteiger charge is -2.16. The molecule has 0 spiro atoms. The molecule has 0 saturated carbocycles. The lowest BCUT2D eigenvalue weighted by Crippen LogP contribution is -2.22. The molecule has 0 atom stereocenters. The molecule has 97 heavy (non-hydrogen) atoms. The molecular formula is C67H85Cl5F6N14O2S3. The Labute approximate surface area is 599 Å². The number of nitrogen functional groups attached to an aromatic ring is 3. The Bertz CT molecular complexity index is 3960. The third-order valence-corrected chi connectivity index (χ3v) is 18.4. The molecule has 0 bridgehead atoms. The van der Waals surface area contributed by atoms with E-state index in [0.717, 1.165) is 66.4 Å². The van der Waals surface area contributed by atoms with Crippen molar-refractivity contribution in [3.05, 3.63) is 188 Å². The number of nitrogens with one attached hydrogen (secondary N) is 1. The molecule has 4 aromatic carbocycles. The predicted molar refractivity (Wildman–Crippen MR) is 390 cm³/mol. The van der Waals surface area contributed by atoms with Crippen LogP contribution in [0.25, 0.3) is 0 Å². The highest BCUT2D eigenvalue weighted by Crippen LogP contribution is 2.34. The lowest BCUT2D eigenvalue weighted by atomic mass is 9.92. The van der Waals surface area contributed by atoms with Gasteiger partial charge in [0, 0.05) is 99.1 Å². The first-order valence-electron chi connectivity index (χ1n) is 29.9. The van der Waals surface area contributed by atoms with E-state index in [2.05, 4.69) is 125 Å². The van der Waals surface area contributed by atoms with Gasteiger partial charge in [-0.3, -0.25) is 0 Å². The van der Waals surface area contributed by atoms with Gasteiger partial charge < -0.3 is 34.4 Å². The van der Waals surface area contributed by atoms with Gasteiger partial charge in [-0.15, -0.1) is 0 Å². The first kappa shape index (κ1) is 85.2. The van der Waals surface area contributed by atoms with Crippen molar-refractivity contribution in [1.29, 1.82) is 0 Å². The van der Waals surface area contributed by atoms with Gasteiger partial charge in [0.15, 0.2) is 10.3 Å². The molecule has 530 valence electrons. The van der Waals surface area contributed by atoms with Gasteiger partial charge in [-0.1, -0.05) is 161 Å². The van der Waals surface area contributed by atoms with Crippen molar-refractivity contribution in [3.8, 4) is 0 Å². The van der Waals surface area contributed by atoms with E-state index < -0.39 is 35.3 Å². The van der Waals surface area contributed by atoms with Crippen LogP contribution in [0.1, 0.15) is 168 Å². The third-order valence-electron chi connectivity index (χ3n) is 14.5. The molecule has 0 unspecified atom stereocenters. The highest BCUT2D eigenvalue weighted by Gasteiger charge is 2.28. The van der Waals surface area contributed by atoms with Crippen molar-refractivity contribution in [2.45, 2.75) is 160 Å². The van der Waals surface area contributed by atoms with Crippen molar-refractivity contribution in [2.24, 2.45) is 5.73 Å². The van der Waals surface area contributed by atoms with Crippen LogP contribution in [0.5, 0.6) is 0 Å². The quantitative estimate of drug-likeness (QED) is 0.0214. The van der Waals surface area contributed by atoms with Gasteiger partial charge in [-0.25, -0.2) is 43.3 Å². The van der Waals surface area contributed by atoms with E-state index in [9.17, 15) is 34.8 Å². The molecule has 4 heterocycles. The number of nitrogens with zero attached hydrogens (tertiary/aromatic N) is 8. The molecule has 0 radical (unpaired) electrons. The first-order chi connectivity index (χ1) is 44.6. The van der Waals surface area contributed by atoms with E-state index in [1.54, 1.807) is 6.20 Å². The zero-order valence-corrected chi connectivity index (χ0v) is 63.0. The minimum Gasteiger partial charge on any atom is -0.383 e. The number of hydrogen-bond donors (Lipinski definition) is 6. The molecule has 0 aliphatic carbocycles. The summed E-state index contributed by atoms with van der Waals surface area (Å²) in [5.74, 6) is 2.20.